The Morgan fingerprint density at radius 3 is 2.65 bits per heavy atom. The highest BCUT2D eigenvalue weighted by atomic mass is 16.3. The van der Waals surface area contributed by atoms with Crippen molar-refractivity contribution in [2.75, 3.05) is 0 Å². The smallest absolute Gasteiger partial charge is 0.251 e. The molecule has 2 rings (SSSR count). The number of benzene rings is 1. The number of phenolic OH excluding ortho intramolecular Hbond substituents is 1. The van der Waals surface area contributed by atoms with Crippen LogP contribution < -0.4 is 5.32 Å². The first-order valence-corrected chi connectivity index (χ1v) is 5.08. The van der Waals surface area contributed by atoms with E-state index >= 15 is 0 Å². The number of aromatic hydroxyl groups is 1. The third-order valence-electron chi connectivity index (χ3n) is 2.20. The molecule has 5 heteroatoms. The van der Waals surface area contributed by atoms with Gasteiger partial charge in [-0.15, -0.1) is 0 Å². The Morgan fingerprint density at radius 2 is 2.00 bits per heavy atom. The second-order valence-corrected chi connectivity index (χ2v) is 3.43. The predicted molar refractivity (Wildman–Crippen MR) is 61.3 cm³/mol. The van der Waals surface area contributed by atoms with E-state index in [4.69, 9.17) is 5.11 Å². The summed E-state index contributed by atoms with van der Waals surface area (Å²) in [5.74, 6) is -0.0686. The highest BCUT2D eigenvalue weighted by Crippen LogP contribution is 2.09. The molecule has 0 spiro atoms. The molecular weight excluding hydrogens is 218 g/mol. The lowest BCUT2D eigenvalue weighted by atomic mass is 10.2. The number of aromatic nitrogens is 2. The summed E-state index contributed by atoms with van der Waals surface area (Å²) in [7, 11) is 0. The normalized spacial score (nSPS) is 9.88. The standard InChI is InChI=1S/C12H11N3O2/c16-11-3-1-9(2-4-11)12(17)14-7-10-5-6-13-8-15-10/h1-6,8,16H,7H2,(H,14,17). The molecule has 0 atom stereocenters. The average Bonchev–Trinajstić information content (AvgIpc) is 2.38. The third kappa shape index (κ3) is 3.01. The molecular formula is C12H11N3O2. The molecule has 1 aromatic heterocycles. The zero-order valence-electron chi connectivity index (χ0n) is 9.00. The van der Waals surface area contributed by atoms with Gasteiger partial charge in [0.2, 0.25) is 0 Å². The second kappa shape index (κ2) is 5.07. The maximum absolute atomic E-state index is 11.7. The Labute approximate surface area is 98.2 Å². The lowest BCUT2D eigenvalue weighted by Gasteiger charge is -2.04. The first-order valence-electron chi connectivity index (χ1n) is 5.08. The molecule has 0 aliphatic rings. The number of nitrogens with one attached hydrogen (secondary N) is 1. The van der Waals surface area contributed by atoms with Gasteiger partial charge in [-0.25, -0.2) is 9.97 Å². The van der Waals surface area contributed by atoms with Crippen LogP contribution in [0.3, 0.4) is 0 Å². The molecule has 0 fully saturated rings. The summed E-state index contributed by atoms with van der Waals surface area (Å²) < 4.78 is 0. The SMILES string of the molecule is O=C(NCc1ccncn1)c1ccc(O)cc1. The van der Waals surface area contributed by atoms with E-state index in [0.29, 0.717) is 12.1 Å². The van der Waals surface area contributed by atoms with Crippen molar-refractivity contribution in [3.63, 3.8) is 0 Å². The Hall–Kier alpha value is -2.43. The van der Waals surface area contributed by atoms with Crippen LogP contribution >= 0.6 is 0 Å². The molecule has 0 aliphatic carbocycles. The van der Waals surface area contributed by atoms with E-state index < -0.39 is 0 Å². The Bertz CT molecular complexity index is 497. The van der Waals surface area contributed by atoms with Gasteiger partial charge >= 0.3 is 0 Å². The number of rotatable bonds is 3. The lowest BCUT2D eigenvalue weighted by Crippen LogP contribution is -2.23. The van der Waals surface area contributed by atoms with E-state index in [1.807, 2.05) is 0 Å². The van der Waals surface area contributed by atoms with Crippen molar-refractivity contribution >= 4 is 5.91 Å². The third-order valence-corrected chi connectivity index (χ3v) is 2.20. The van der Waals surface area contributed by atoms with Gasteiger partial charge in [0.25, 0.3) is 5.91 Å². The van der Waals surface area contributed by atoms with Crippen molar-refractivity contribution in [2.45, 2.75) is 6.54 Å². The summed E-state index contributed by atoms with van der Waals surface area (Å²) in [6.07, 6.45) is 3.05. The summed E-state index contributed by atoms with van der Waals surface area (Å²) in [5, 5.41) is 11.8. The number of carbonyl (C=O) groups is 1. The van der Waals surface area contributed by atoms with Gasteiger partial charge in [0, 0.05) is 11.8 Å². The van der Waals surface area contributed by atoms with Crippen LogP contribution in [0, 0.1) is 0 Å². The minimum Gasteiger partial charge on any atom is -0.508 e. The van der Waals surface area contributed by atoms with E-state index in [0.717, 1.165) is 5.69 Å². The molecule has 0 aliphatic heterocycles. The van der Waals surface area contributed by atoms with Gasteiger partial charge in [0.05, 0.1) is 12.2 Å². The number of amides is 1. The van der Waals surface area contributed by atoms with Gasteiger partial charge < -0.3 is 10.4 Å². The van der Waals surface area contributed by atoms with Crippen LogP contribution in [0.5, 0.6) is 5.75 Å². The highest BCUT2D eigenvalue weighted by molar-refractivity contribution is 5.94. The molecule has 2 aromatic rings. The fourth-order valence-electron chi connectivity index (χ4n) is 1.31. The van der Waals surface area contributed by atoms with Crippen molar-refractivity contribution < 1.29 is 9.90 Å². The fraction of sp³-hybridized carbons (Fsp3) is 0.0833. The summed E-state index contributed by atoms with van der Waals surface area (Å²) in [6, 6.07) is 7.80. The van der Waals surface area contributed by atoms with E-state index in [1.54, 1.807) is 24.4 Å². The maximum Gasteiger partial charge on any atom is 0.251 e. The number of nitrogens with zero attached hydrogens (tertiary/aromatic N) is 2. The molecule has 0 saturated heterocycles. The molecule has 2 N–H and O–H groups in total. The van der Waals surface area contributed by atoms with Crippen LogP contribution in [-0.2, 0) is 6.54 Å². The fourth-order valence-corrected chi connectivity index (χ4v) is 1.31. The zero-order chi connectivity index (χ0) is 12.1. The molecule has 1 aromatic carbocycles. The monoisotopic (exact) mass is 229 g/mol. The minimum atomic E-state index is -0.205. The number of phenols is 1. The largest absolute Gasteiger partial charge is 0.508 e. The number of carbonyl (C=O) groups excluding carboxylic acids is 1. The Kier molecular flexibility index (Phi) is 3.30. The van der Waals surface area contributed by atoms with Gasteiger partial charge in [0.1, 0.15) is 12.1 Å². The van der Waals surface area contributed by atoms with Crippen LogP contribution in [0.2, 0.25) is 0 Å². The highest BCUT2D eigenvalue weighted by Gasteiger charge is 2.04. The zero-order valence-corrected chi connectivity index (χ0v) is 9.00. The maximum atomic E-state index is 11.7. The second-order valence-electron chi connectivity index (χ2n) is 3.43. The van der Waals surface area contributed by atoms with Crippen LogP contribution in [0.4, 0.5) is 0 Å². The molecule has 0 radical (unpaired) electrons. The Balaban J connectivity index is 1.96. The van der Waals surface area contributed by atoms with E-state index in [-0.39, 0.29) is 11.7 Å². The van der Waals surface area contributed by atoms with Crippen molar-refractivity contribution in [1.29, 1.82) is 0 Å². The summed E-state index contributed by atoms with van der Waals surface area (Å²) in [6.45, 7) is 0.349. The summed E-state index contributed by atoms with van der Waals surface area (Å²) >= 11 is 0. The first-order chi connectivity index (χ1) is 8.25. The van der Waals surface area contributed by atoms with E-state index in [1.165, 1.54) is 18.5 Å². The molecule has 0 saturated carbocycles. The van der Waals surface area contributed by atoms with Crippen molar-refractivity contribution in [3.8, 4) is 5.75 Å². The number of hydrogen-bond donors (Lipinski definition) is 2. The van der Waals surface area contributed by atoms with Crippen molar-refractivity contribution in [1.82, 2.24) is 15.3 Å². The van der Waals surface area contributed by atoms with E-state index in [2.05, 4.69) is 15.3 Å². The predicted octanol–water partition coefficient (Wildman–Crippen LogP) is 1.11. The van der Waals surface area contributed by atoms with Gasteiger partial charge in [-0.2, -0.15) is 0 Å². The van der Waals surface area contributed by atoms with Gasteiger partial charge in [-0.3, -0.25) is 4.79 Å². The lowest BCUT2D eigenvalue weighted by molar-refractivity contribution is 0.0950. The summed E-state index contributed by atoms with van der Waals surface area (Å²) in [5.41, 5.74) is 1.24. The van der Waals surface area contributed by atoms with Crippen LogP contribution in [0.1, 0.15) is 16.1 Å². The van der Waals surface area contributed by atoms with E-state index in [9.17, 15) is 4.79 Å². The summed E-state index contributed by atoms with van der Waals surface area (Å²) in [4.78, 5) is 19.5. The molecule has 1 heterocycles. The molecule has 0 bridgehead atoms. The average molecular weight is 229 g/mol. The molecule has 0 unspecified atom stereocenters. The van der Waals surface area contributed by atoms with Gasteiger partial charge in [0.15, 0.2) is 0 Å². The number of hydrogen-bond acceptors (Lipinski definition) is 4. The molecule has 1 amide bonds. The molecule has 86 valence electrons. The van der Waals surface area contributed by atoms with Gasteiger partial charge in [-0.05, 0) is 30.3 Å². The quantitative estimate of drug-likeness (QED) is 0.826. The topological polar surface area (TPSA) is 75.1 Å². The molecule has 5 nitrogen and oxygen atoms in total. The van der Waals surface area contributed by atoms with Crippen molar-refractivity contribution in [2.24, 2.45) is 0 Å². The first kappa shape index (κ1) is 11.1. The van der Waals surface area contributed by atoms with Crippen LogP contribution in [0.25, 0.3) is 0 Å². The Morgan fingerprint density at radius 1 is 1.24 bits per heavy atom. The van der Waals surface area contributed by atoms with Crippen molar-refractivity contribution in [3.05, 3.63) is 54.1 Å². The molecule has 17 heavy (non-hydrogen) atoms. The van der Waals surface area contributed by atoms with Crippen LogP contribution in [0.15, 0.2) is 42.9 Å². The van der Waals surface area contributed by atoms with Crippen LogP contribution in [-0.4, -0.2) is 21.0 Å². The minimum absolute atomic E-state index is 0.136. The van der Waals surface area contributed by atoms with Gasteiger partial charge in [-0.1, -0.05) is 0 Å².